The first-order chi connectivity index (χ1) is 10.9. The van der Waals surface area contributed by atoms with E-state index in [0.29, 0.717) is 0 Å². The molecule has 1 aliphatic rings. The maximum absolute atomic E-state index is 13.8. The molecular weight excluding hydrogens is 344 g/mol. The summed E-state index contributed by atoms with van der Waals surface area (Å²) in [5, 5.41) is 1.90. The van der Waals surface area contributed by atoms with Crippen LogP contribution in [-0.4, -0.2) is 38.9 Å². The summed E-state index contributed by atoms with van der Waals surface area (Å²) < 4.78 is 77.7. The van der Waals surface area contributed by atoms with Gasteiger partial charge >= 0.3 is 12.1 Å². The van der Waals surface area contributed by atoms with E-state index in [9.17, 15) is 31.1 Å². The number of anilines is 2. The fraction of sp³-hybridized carbons (Fsp3) is 0.500. The molecule has 0 radical (unpaired) electrons. The molecule has 0 saturated carbocycles. The summed E-state index contributed by atoms with van der Waals surface area (Å²) in [7, 11) is 0. The van der Waals surface area contributed by atoms with Crippen molar-refractivity contribution in [2.75, 3.05) is 11.1 Å². The summed E-state index contributed by atoms with van der Waals surface area (Å²) in [6, 6.07) is -2.05. The maximum atomic E-state index is 13.8. The molecule has 0 saturated heterocycles. The molecule has 0 unspecified atom stereocenters. The van der Waals surface area contributed by atoms with E-state index in [4.69, 9.17) is 5.73 Å². The van der Waals surface area contributed by atoms with Crippen molar-refractivity contribution >= 4 is 23.3 Å². The molecule has 0 aliphatic heterocycles. The number of halogens is 6. The number of aromatic nitrogens is 3. The van der Waals surface area contributed by atoms with Crippen LogP contribution < -0.4 is 11.1 Å². The van der Waals surface area contributed by atoms with Crippen molar-refractivity contribution in [3.63, 3.8) is 0 Å². The summed E-state index contributed by atoms with van der Waals surface area (Å²) >= 11 is 0. The summed E-state index contributed by atoms with van der Waals surface area (Å²) in [4.78, 5) is 21.7. The van der Waals surface area contributed by atoms with Crippen LogP contribution in [0.15, 0.2) is 5.83 Å². The summed E-state index contributed by atoms with van der Waals surface area (Å²) in [6.07, 6.45) is -6.17. The molecule has 1 heterocycles. The molecule has 0 aromatic carbocycles. The van der Waals surface area contributed by atoms with Crippen molar-refractivity contribution in [1.82, 2.24) is 15.0 Å². The van der Waals surface area contributed by atoms with Crippen LogP contribution >= 0.6 is 0 Å². The zero-order chi connectivity index (χ0) is 18.3. The Balaban J connectivity index is 2.39. The lowest BCUT2D eigenvalue weighted by molar-refractivity contribution is -0.142. The number of Topliss-reactive ketones (excluding diaryl/α,β-unsaturated/α-hetero) is 1. The smallest absolute Gasteiger partial charge is 0.368 e. The van der Waals surface area contributed by atoms with Gasteiger partial charge in [0.25, 0.3) is 5.78 Å². The molecular formula is C12H11F6N5O. The number of nitrogens with zero attached hydrogens (tertiary/aromatic N) is 3. The van der Waals surface area contributed by atoms with Gasteiger partial charge in [-0.05, 0) is 13.3 Å². The predicted molar refractivity (Wildman–Crippen MR) is 70.6 cm³/mol. The third-order valence-corrected chi connectivity index (χ3v) is 3.24. The molecule has 2 rings (SSSR count). The van der Waals surface area contributed by atoms with Crippen LogP contribution in [0, 0.1) is 0 Å². The van der Waals surface area contributed by atoms with Crippen molar-refractivity contribution in [1.29, 1.82) is 0 Å². The first-order valence-corrected chi connectivity index (χ1v) is 6.58. The Morgan fingerprint density at radius 2 is 1.88 bits per heavy atom. The van der Waals surface area contributed by atoms with E-state index in [1.165, 1.54) is 0 Å². The minimum absolute atomic E-state index is 0.553. The van der Waals surface area contributed by atoms with Crippen LogP contribution in [-0.2, 0) is 4.79 Å². The van der Waals surface area contributed by atoms with Crippen LogP contribution in [0.3, 0.4) is 0 Å². The molecule has 1 aromatic heterocycles. The van der Waals surface area contributed by atoms with Gasteiger partial charge in [0.1, 0.15) is 6.04 Å². The van der Waals surface area contributed by atoms with Crippen LogP contribution in [0.4, 0.5) is 38.2 Å². The van der Waals surface area contributed by atoms with Crippen LogP contribution in [0.2, 0.25) is 0 Å². The Morgan fingerprint density at radius 1 is 1.25 bits per heavy atom. The molecule has 12 heteroatoms. The van der Waals surface area contributed by atoms with Crippen LogP contribution in [0.1, 0.15) is 25.6 Å². The highest BCUT2D eigenvalue weighted by Crippen LogP contribution is 2.38. The molecule has 0 fully saturated rings. The number of allylic oxidation sites excluding steroid dienone is 2. The Labute approximate surface area is 131 Å². The van der Waals surface area contributed by atoms with Gasteiger partial charge in [0.2, 0.25) is 11.9 Å². The standard InChI is InChI=1S/C12H11F6N5O/c1-4(12(16,17)18)20-10-22-8(21-9(19)23-10)5-2-3-11(14,15)7(24)6(5)13/h4H,2-3H2,1H3,(H3,19,20,21,22,23)/t4-/m1/s1. The van der Waals surface area contributed by atoms with E-state index in [0.717, 1.165) is 6.92 Å². The van der Waals surface area contributed by atoms with E-state index in [2.05, 4.69) is 15.0 Å². The zero-order valence-corrected chi connectivity index (χ0v) is 12.1. The number of ketones is 1. The average Bonchev–Trinajstić information content (AvgIpc) is 2.43. The van der Waals surface area contributed by atoms with Crippen molar-refractivity contribution < 1.29 is 31.1 Å². The number of nitrogens with two attached hydrogens (primary N) is 1. The normalized spacial score (nSPS) is 19.4. The Bertz CT molecular complexity index is 702. The van der Waals surface area contributed by atoms with Crippen LogP contribution in [0.5, 0.6) is 0 Å². The number of alkyl halides is 5. The van der Waals surface area contributed by atoms with Crippen molar-refractivity contribution in [3.8, 4) is 0 Å². The van der Waals surface area contributed by atoms with Gasteiger partial charge in [-0.1, -0.05) is 0 Å². The van der Waals surface area contributed by atoms with Gasteiger partial charge in [0.05, 0.1) is 0 Å². The summed E-state index contributed by atoms with van der Waals surface area (Å²) in [5.41, 5.74) is 4.77. The van der Waals surface area contributed by atoms with E-state index in [1.54, 1.807) is 0 Å². The SMILES string of the molecule is C[C@@H](Nc1nc(N)nc(C2=C(F)C(=O)C(F)(F)CC2)n1)C(F)(F)F. The van der Waals surface area contributed by atoms with E-state index < -0.39 is 65.9 Å². The highest BCUT2D eigenvalue weighted by molar-refractivity contribution is 6.05. The van der Waals surface area contributed by atoms with E-state index in [1.807, 2.05) is 5.32 Å². The Hall–Kier alpha value is -2.40. The zero-order valence-electron chi connectivity index (χ0n) is 12.1. The minimum Gasteiger partial charge on any atom is -0.368 e. The molecule has 132 valence electrons. The predicted octanol–water partition coefficient (Wildman–Crippen LogP) is 2.50. The number of carbonyl (C=O) groups excluding carboxylic acids is 1. The quantitative estimate of drug-likeness (QED) is 0.809. The highest BCUT2D eigenvalue weighted by Gasteiger charge is 2.46. The van der Waals surface area contributed by atoms with Crippen molar-refractivity contribution in [3.05, 3.63) is 11.7 Å². The lowest BCUT2D eigenvalue weighted by Crippen LogP contribution is -2.34. The maximum Gasteiger partial charge on any atom is 0.408 e. The molecule has 24 heavy (non-hydrogen) atoms. The summed E-state index contributed by atoms with van der Waals surface area (Å²) in [5.74, 6) is -9.36. The number of hydrogen-bond acceptors (Lipinski definition) is 6. The van der Waals surface area contributed by atoms with Gasteiger partial charge in [-0.2, -0.15) is 36.9 Å². The van der Waals surface area contributed by atoms with E-state index >= 15 is 0 Å². The molecule has 1 aromatic rings. The first kappa shape index (κ1) is 17.9. The molecule has 6 nitrogen and oxygen atoms in total. The van der Waals surface area contributed by atoms with Gasteiger partial charge in [0, 0.05) is 12.0 Å². The summed E-state index contributed by atoms with van der Waals surface area (Å²) in [6.45, 7) is 0.782. The Kier molecular flexibility index (Phi) is 4.42. The first-order valence-electron chi connectivity index (χ1n) is 6.58. The van der Waals surface area contributed by atoms with Gasteiger partial charge < -0.3 is 11.1 Å². The molecule has 0 amide bonds. The third kappa shape index (κ3) is 3.57. The van der Waals surface area contributed by atoms with E-state index in [-0.39, 0.29) is 0 Å². The number of carbonyl (C=O) groups is 1. The topological polar surface area (TPSA) is 93.8 Å². The fourth-order valence-corrected chi connectivity index (χ4v) is 1.88. The molecule has 0 spiro atoms. The highest BCUT2D eigenvalue weighted by atomic mass is 19.4. The second kappa shape index (κ2) is 5.91. The molecule has 1 atom stereocenters. The molecule has 0 bridgehead atoms. The largest absolute Gasteiger partial charge is 0.408 e. The second-order valence-electron chi connectivity index (χ2n) is 5.07. The van der Waals surface area contributed by atoms with Gasteiger partial charge in [-0.15, -0.1) is 0 Å². The fourth-order valence-electron chi connectivity index (χ4n) is 1.88. The number of nitrogens with one attached hydrogen (secondary N) is 1. The van der Waals surface area contributed by atoms with Crippen molar-refractivity contribution in [2.45, 2.75) is 37.9 Å². The van der Waals surface area contributed by atoms with Crippen molar-refractivity contribution in [2.24, 2.45) is 0 Å². The second-order valence-corrected chi connectivity index (χ2v) is 5.07. The number of rotatable bonds is 3. The Morgan fingerprint density at radius 3 is 2.46 bits per heavy atom. The average molecular weight is 355 g/mol. The van der Waals surface area contributed by atoms with Gasteiger partial charge in [-0.3, -0.25) is 4.79 Å². The van der Waals surface area contributed by atoms with Gasteiger partial charge in [-0.25, -0.2) is 4.39 Å². The number of nitrogen functional groups attached to an aromatic ring is 1. The van der Waals surface area contributed by atoms with Crippen LogP contribution in [0.25, 0.3) is 5.57 Å². The monoisotopic (exact) mass is 355 g/mol. The molecule has 1 aliphatic carbocycles. The third-order valence-electron chi connectivity index (χ3n) is 3.24. The lowest BCUT2D eigenvalue weighted by atomic mass is 9.93. The van der Waals surface area contributed by atoms with Gasteiger partial charge in [0.15, 0.2) is 11.7 Å². The lowest BCUT2D eigenvalue weighted by Gasteiger charge is -2.21. The minimum atomic E-state index is -4.62. The molecule has 3 N–H and O–H groups in total. The number of hydrogen-bond donors (Lipinski definition) is 2.